The molecule has 0 bridgehead atoms. The van der Waals surface area contributed by atoms with Gasteiger partial charge in [0.15, 0.2) is 11.7 Å². The van der Waals surface area contributed by atoms with Crippen LogP contribution in [0.15, 0.2) is 35.8 Å². The molecule has 2 aromatic rings. The SMILES string of the molecule is O=C(C[NH+]1CCN(c2cccc(C(F)(F)F)c2)CC1)Nc1nccs1. The van der Waals surface area contributed by atoms with Gasteiger partial charge in [-0.25, -0.2) is 4.98 Å². The van der Waals surface area contributed by atoms with Crippen LogP contribution >= 0.6 is 11.3 Å². The molecule has 1 aliphatic rings. The van der Waals surface area contributed by atoms with E-state index in [1.165, 1.54) is 23.5 Å². The number of piperazine rings is 1. The average Bonchev–Trinajstić information content (AvgIpc) is 3.08. The predicted molar refractivity (Wildman–Crippen MR) is 90.0 cm³/mol. The van der Waals surface area contributed by atoms with Gasteiger partial charge in [-0.2, -0.15) is 13.2 Å². The molecule has 0 radical (unpaired) electrons. The van der Waals surface area contributed by atoms with E-state index in [-0.39, 0.29) is 5.91 Å². The quantitative estimate of drug-likeness (QED) is 0.857. The fourth-order valence-electron chi connectivity index (χ4n) is 2.81. The molecule has 0 atom stereocenters. The number of carbonyl (C=O) groups is 1. The number of anilines is 2. The molecule has 2 heterocycles. The summed E-state index contributed by atoms with van der Waals surface area (Å²) >= 11 is 1.36. The van der Waals surface area contributed by atoms with Gasteiger partial charge in [0.1, 0.15) is 0 Å². The number of benzene rings is 1. The number of hydrogen-bond donors (Lipinski definition) is 2. The first-order chi connectivity index (χ1) is 11.9. The summed E-state index contributed by atoms with van der Waals surface area (Å²) in [5.74, 6) is -0.0996. The molecule has 134 valence electrons. The normalized spacial score (nSPS) is 16.0. The summed E-state index contributed by atoms with van der Waals surface area (Å²) in [6.07, 6.45) is -2.71. The molecule has 2 N–H and O–H groups in total. The van der Waals surface area contributed by atoms with E-state index < -0.39 is 11.7 Å². The van der Waals surface area contributed by atoms with Gasteiger partial charge >= 0.3 is 6.18 Å². The van der Waals surface area contributed by atoms with E-state index in [0.29, 0.717) is 43.5 Å². The minimum atomic E-state index is -4.34. The third-order valence-corrected chi connectivity index (χ3v) is 4.79. The highest BCUT2D eigenvalue weighted by molar-refractivity contribution is 7.13. The first-order valence-corrected chi connectivity index (χ1v) is 8.75. The summed E-state index contributed by atoms with van der Waals surface area (Å²) in [4.78, 5) is 19.0. The van der Waals surface area contributed by atoms with Gasteiger partial charge in [0, 0.05) is 17.3 Å². The zero-order chi connectivity index (χ0) is 17.9. The molecule has 1 fully saturated rings. The minimum absolute atomic E-state index is 0.0996. The summed E-state index contributed by atoms with van der Waals surface area (Å²) in [6, 6.07) is 5.38. The third-order valence-electron chi connectivity index (χ3n) is 4.10. The molecular formula is C16H18F3N4OS+. The number of rotatable bonds is 4. The smallest absolute Gasteiger partial charge is 0.360 e. The van der Waals surface area contributed by atoms with Gasteiger partial charge in [0.05, 0.1) is 31.7 Å². The molecule has 3 rings (SSSR count). The van der Waals surface area contributed by atoms with Crippen molar-refractivity contribution in [2.75, 3.05) is 42.9 Å². The van der Waals surface area contributed by atoms with Crippen LogP contribution in [0.4, 0.5) is 24.0 Å². The van der Waals surface area contributed by atoms with Gasteiger partial charge in [-0.3, -0.25) is 10.1 Å². The number of amides is 1. The summed E-state index contributed by atoms with van der Waals surface area (Å²) in [5, 5.41) is 5.11. The van der Waals surface area contributed by atoms with Crippen molar-refractivity contribution < 1.29 is 22.9 Å². The van der Waals surface area contributed by atoms with Crippen molar-refractivity contribution in [3.63, 3.8) is 0 Å². The molecular weight excluding hydrogens is 353 g/mol. The van der Waals surface area contributed by atoms with Gasteiger partial charge in [-0.15, -0.1) is 11.3 Å². The summed E-state index contributed by atoms with van der Waals surface area (Å²) in [6.45, 7) is 2.95. The number of quaternary nitrogens is 1. The Kier molecular flexibility index (Phi) is 5.24. The number of nitrogens with one attached hydrogen (secondary N) is 2. The van der Waals surface area contributed by atoms with Crippen molar-refractivity contribution in [3.05, 3.63) is 41.4 Å². The van der Waals surface area contributed by atoms with Crippen molar-refractivity contribution in [2.24, 2.45) is 0 Å². The predicted octanol–water partition coefficient (Wildman–Crippen LogP) is 1.51. The van der Waals surface area contributed by atoms with Crippen LogP contribution in [0.3, 0.4) is 0 Å². The number of aromatic nitrogens is 1. The third kappa shape index (κ3) is 4.70. The molecule has 25 heavy (non-hydrogen) atoms. The number of thiazole rings is 1. The molecule has 0 saturated carbocycles. The van der Waals surface area contributed by atoms with Crippen LogP contribution < -0.4 is 15.1 Å². The largest absolute Gasteiger partial charge is 0.416 e. The molecule has 1 saturated heterocycles. The maximum absolute atomic E-state index is 12.8. The zero-order valence-corrected chi connectivity index (χ0v) is 14.2. The molecule has 1 aliphatic heterocycles. The lowest BCUT2D eigenvalue weighted by Gasteiger charge is -2.33. The molecule has 0 aliphatic carbocycles. The van der Waals surface area contributed by atoms with Crippen LogP contribution in [0.2, 0.25) is 0 Å². The van der Waals surface area contributed by atoms with Crippen molar-refractivity contribution in [1.82, 2.24) is 4.98 Å². The Bertz CT molecular complexity index is 712. The number of carbonyl (C=O) groups excluding carboxylic acids is 1. The highest BCUT2D eigenvalue weighted by Crippen LogP contribution is 2.31. The molecule has 1 aromatic heterocycles. The molecule has 5 nitrogen and oxygen atoms in total. The number of alkyl halides is 3. The van der Waals surface area contributed by atoms with Crippen LogP contribution in [-0.2, 0) is 11.0 Å². The minimum Gasteiger partial charge on any atom is -0.360 e. The monoisotopic (exact) mass is 371 g/mol. The Labute approximate surface area is 147 Å². The number of nitrogens with zero attached hydrogens (tertiary/aromatic N) is 2. The van der Waals surface area contributed by atoms with Crippen LogP contribution in [0.25, 0.3) is 0 Å². The average molecular weight is 371 g/mol. The molecule has 0 spiro atoms. The van der Waals surface area contributed by atoms with E-state index in [1.807, 2.05) is 4.90 Å². The van der Waals surface area contributed by atoms with E-state index in [9.17, 15) is 18.0 Å². The molecule has 1 amide bonds. The highest BCUT2D eigenvalue weighted by Gasteiger charge is 2.31. The Morgan fingerprint density at radius 2 is 2.08 bits per heavy atom. The maximum Gasteiger partial charge on any atom is 0.416 e. The second-order valence-corrected chi connectivity index (χ2v) is 6.74. The lowest BCUT2D eigenvalue weighted by molar-refractivity contribution is -0.892. The molecule has 9 heteroatoms. The Morgan fingerprint density at radius 3 is 2.72 bits per heavy atom. The first kappa shape index (κ1) is 17.7. The van der Waals surface area contributed by atoms with E-state index in [4.69, 9.17) is 0 Å². The number of hydrogen-bond acceptors (Lipinski definition) is 4. The van der Waals surface area contributed by atoms with Gasteiger partial charge in [-0.05, 0) is 18.2 Å². The van der Waals surface area contributed by atoms with E-state index in [1.54, 1.807) is 17.6 Å². The topological polar surface area (TPSA) is 49.7 Å². The van der Waals surface area contributed by atoms with Gasteiger partial charge < -0.3 is 9.80 Å². The van der Waals surface area contributed by atoms with Crippen LogP contribution in [0, 0.1) is 0 Å². The van der Waals surface area contributed by atoms with Crippen LogP contribution in [-0.4, -0.2) is 43.6 Å². The lowest BCUT2D eigenvalue weighted by Crippen LogP contribution is -3.15. The highest BCUT2D eigenvalue weighted by atomic mass is 32.1. The standard InChI is InChI=1S/C16H17F3N4OS/c17-16(18,19)12-2-1-3-13(10-12)23-7-5-22(6-8-23)11-14(24)21-15-20-4-9-25-15/h1-4,9-10H,5-8,11H2,(H,20,21,24)/p+1. The molecule has 1 aromatic carbocycles. The second kappa shape index (κ2) is 7.40. The second-order valence-electron chi connectivity index (χ2n) is 5.85. The van der Waals surface area contributed by atoms with Crippen molar-refractivity contribution in [3.8, 4) is 0 Å². The van der Waals surface area contributed by atoms with Crippen molar-refractivity contribution in [1.29, 1.82) is 0 Å². The Hall–Kier alpha value is -2.13. The Balaban J connectivity index is 1.52. The fourth-order valence-corrected chi connectivity index (χ4v) is 3.36. The fraction of sp³-hybridized carbons (Fsp3) is 0.375. The Morgan fingerprint density at radius 1 is 1.32 bits per heavy atom. The molecule has 0 unspecified atom stereocenters. The lowest BCUT2D eigenvalue weighted by atomic mass is 10.1. The summed E-state index contributed by atoms with van der Waals surface area (Å²) in [7, 11) is 0. The summed E-state index contributed by atoms with van der Waals surface area (Å²) in [5.41, 5.74) is -0.0660. The van der Waals surface area contributed by atoms with E-state index in [2.05, 4.69) is 10.3 Å². The number of halogens is 3. The van der Waals surface area contributed by atoms with Crippen LogP contribution in [0.1, 0.15) is 5.56 Å². The van der Waals surface area contributed by atoms with Crippen LogP contribution in [0.5, 0.6) is 0 Å². The maximum atomic E-state index is 12.8. The van der Waals surface area contributed by atoms with Gasteiger partial charge in [0.2, 0.25) is 0 Å². The van der Waals surface area contributed by atoms with Crippen molar-refractivity contribution >= 4 is 28.1 Å². The van der Waals surface area contributed by atoms with E-state index >= 15 is 0 Å². The zero-order valence-electron chi connectivity index (χ0n) is 13.3. The first-order valence-electron chi connectivity index (χ1n) is 7.87. The van der Waals surface area contributed by atoms with Gasteiger partial charge in [-0.1, -0.05) is 6.07 Å². The van der Waals surface area contributed by atoms with Gasteiger partial charge in [0.25, 0.3) is 5.91 Å². The van der Waals surface area contributed by atoms with E-state index in [0.717, 1.165) is 11.0 Å². The van der Waals surface area contributed by atoms with Crippen molar-refractivity contribution in [2.45, 2.75) is 6.18 Å². The summed E-state index contributed by atoms with van der Waals surface area (Å²) < 4.78 is 38.5.